The molecule has 0 fully saturated rings. The Kier molecular flexibility index (Phi) is 6.80. The van der Waals surface area contributed by atoms with Gasteiger partial charge in [0.15, 0.2) is 0 Å². The second-order valence-corrected chi connectivity index (χ2v) is 6.41. The molecule has 0 spiro atoms. The molecule has 2 N–H and O–H groups in total. The topological polar surface area (TPSA) is 101 Å². The zero-order valence-electron chi connectivity index (χ0n) is 11.8. The minimum Gasteiger partial charge on any atom is -0.481 e. The lowest BCUT2D eigenvalue weighted by atomic mass is 9.98. The lowest BCUT2D eigenvalue weighted by Crippen LogP contribution is -2.33. The van der Waals surface area contributed by atoms with Crippen LogP contribution in [0.4, 0.5) is 0 Å². The molecule has 2 unspecified atom stereocenters. The van der Waals surface area contributed by atoms with E-state index in [1.165, 1.54) is 0 Å². The van der Waals surface area contributed by atoms with Crippen molar-refractivity contribution in [2.45, 2.75) is 31.6 Å². The van der Waals surface area contributed by atoms with Gasteiger partial charge in [-0.2, -0.15) is 8.42 Å². The van der Waals surface area contributed by atoms with Crippen molar-refractivity contribution in [2.24, 2.45) is 5.92 Å². The molecule has 0 saturated carbocycles. The summed E-state index contributed by atoms with van der Waals surface area (Å²) in [5.74, 6) is -2.50. The highest BCUT2D eigenvalue weighted by Gasteiger charge is 2.27. The predicted molar refractivity (Wildman–Crippen MR) is 77.1 cm³/mol. The van der Waals surface area contributed by atoms with Gasteiger partial charge in [0.05, 0.1) is 18.6 Å². The van der Waals surface area contributed by atoms with Crippen LogP contribution in [0.25, 0.3) is 0 Å². The van der Waals surface area contributed by atoms with Gasteiger partial charge in [0, 0.05) is 0 Å². The average Bonchev–Trinajstić information content (AvgIpc) is 2.42. The lowest BCUT2D eigenvalue weighted by Gasteiger charge is -2.18. The van der Waals surface area contributed by atoms with Gasteiger partial charge in [0.1, 0.15) is 5.75 Å². The molecular weight excluding hydrogens is 296 g/mol. The normalized spacial score (nSPS) is 14.6. The summed E-state index contributed by atoms with van der Waals surface area (Å²) in [4.78, 5) is 11.0. The van der Waals surface area contributed by atoms with Crippen molar-refractivity contribution in [3.63, 3.8) is 0 Å². The third-order valence-corrected chi connectivity index (χ3v) is 4.17. The highest BCUT2D eigenvalue weighted by molar-refractivity contribution is 7.85. The SMILES string of the molecule is CCCC(C(=O)O)C(O)COS(=O)(=O)Cc1ccccc1. The van der Waals surface area contributed by atoms with Crippen LogP contribution < -0.4 is 0 Å². The molecule has 118 valence electrons. The zero-order chi connectivity index (χ0) is 15.9. The van der Waals surface area contributed by atoms with E-state index in [0.29, 0.717) is 12.0 Å². The van der Waals surface area contributed by atoms with E-state index in [1.807, 2.05) is 0 Å². The maximum atomic E-state index is 11.8. The molecule has 0 radical (unpaired) electrons. The van der Waals surface area contributed by atoms with Gasteiger partial charge in [-0.25, -0.2) is 0 Å². The standard InChI is InChI=1S/C14H20O6S/c1-2-6-12(14(16)17)13(15)9-20-21(18,19)10-11-7-4-3-5-8-11/h3-5,7-8,12-13,15H,2,6,9-10H2,1H3,(H,16,17). The third kappa shape index (κ3) is 6.24. The summed E-state index contributed by atoms with van der Waals surface area (Å²) in [6, 6.07) is 8.48. The number of hydrogen-bond donors (Lipinski definition) is 2. The molecule has 0 aliphatic carbocycles. The van der Waals surface area contributed by atoms with E-state index in [-0.39, 0.29) is 12.2 Å². The van der Waals surface area contributed by atoms with Gasteiger partial charge >= 0.3 is 5.97 Å². The molecule has 0 bridgehead atoms. The van der Waals surface area contributed by atoms with E-state index in [2.05, 4.69) is 0 Å². The van der Waals surface area contributed by atoms with Crippen LogP contribution in [-0.2, 0) is 24.8 Å². The number of benzene rings is 1. The summed E-state index contributed by atoms with van der Waals surface area (Å²) in [7, 11) is -3.86. The van der Waals surface area contributed by atoms with Crippen LogP contribution in [0.1, 0.15) is 25.3 Å². The molecule has 6 nitrogen and oxygen atoms in total. The van der Waals surface area contributed by atoms with Gasteiger partial charge in [0.2, 0.25) is 0 Å². The van der Waals surface area contributed by atoms with Crippen LogP contribution >= 0.6 is 0 Å². The van der Waals surface area contributed by atoms with E-state index in [9.17, 15) is 18.3 Å². The summed E-state index contributed by atoms with van der Waals surface area (Å²) in [6.07, 6.45) is -0.517. The van der Waals surface area contributed by atoms with Crippen LogP contribution in [0.3, 0.4) is 0 Å². The Morgan fingerprint density at radius 3 is 2.43 bits per heavy atom. The van der Waals surface area contributed by atoms with Crippen molar-refractivity contribution in [3.8, 4) is 0 Å². The Bertz CT molecular complexity index is 540. The summed E-state index contributed by atoms with van der Waals surface area (Å²) in [5, 5.41) is 18.7. The van der Waals surface area contributed by atoms with Crippen LogP contribution in [0.5, 0.6) is 0 Å². The minimum atomic E-state index is -3.86. The van der Waals surface area contributed by atoms with Crippen LogP contribution in [0.2, 0.25) is 0 Å². The van der Waals surface area contributed by atoms with Crippen molar-refractivity contribution in [1.82, 2.24) is 0 Å². The summed E-state index contributed by atoms with van der Waals surface area (Å²) in [6.45, 7) is 1.24. The van der Waals surface area contributed by atoms with Gasteiger partial charge in [-0.1, -0.05) is 43.7 Å². The first-order chi connectivity index (χ1) is 9.85. The first-order valence-corrected chi connectivity index (χ1v) is 8.25. The van der Waals surface area contributed by atoms with Crippen molar-refractivity contribution in [1.29, 1.82) is 0 Å². The van der Waals surface area contributed by atoms with E-state index < -0.39 is 34.7 Å². The number of aliphatic hydroxyl groups is 1. The van der Waals surface area contributed by atoms with Gasteiger partial charge in [0.25, 0.3) is 10.1 Å². The lowest BCUT2D eigenvalue weighted by molar-refractivity contribution is -0.146. The number of carboxylic acids is 1. The number of carbonyl (C=O) groups is 1. The molecule has 0 aliphatic heterocycles. The fourth-order valence-electron chi connectivity index (χ4n) is 1.90. The van der Waals surface area contributed by atoms with Gasteiger partial charge in [-0.05, 0) is 12.0 Å². The van der Waals surface area contributed by atoms with Crippen molar-refractivity contribution in [2.75, 3.05) is 6.61 Å². The van der Waals surface area contributed by atoms with E-state index in [4.69, 9.17) is 9.29 Å². The largest absolute Gasteiger partial charge is 0.481 e. The summed E-state index contributed by atoms with van der Waals surface area (Å²) >= 11 is 0. The molecule has 0 heterocycles. The third-order valence-electron chi connectivity index (χ3n) is 2.99. The maximum Gasteiger partial charge on any atom is 0.309 e. The Morgan fingerprint density at radius 2 is 1.90 bits per heavy atom. The number of aliphatic hydroxyl groups excluding tert-OH is 1. The molecule has 7 heteroatoms. The molecule has 0 saturated heterocycles. The number of aliphatic carboxylic acids is 1. The molecule has 2 atom stereocenters. The Morgan fingerprint density at radius 1 is 1.29 bits per heavy atom. The van der Waals surface area contributed by atoms with E-state index in [1.54, 1.807) is 37.3 Å². The average molecular weight is 316 g/mol. The fourth-order valence-corrected chi connectivity index (χ4v) is 2.93. The minimum absolute atomic E-state index is 0.262. The van der Waals surface area contributed by atoms with Crippen LogP contribution in [0, 0.1) is 5.92 Å². The second kappa shape index (κ2) is 8.11. The van der Waals surface area contributed by atoms with Gasteiger partial charge < -0.3 is 10.2 Å². The molecule has 0 amide bonds. The summed E-state index contributed by atoms with van der Waals surface area (Å²) in [5.41, 5.74) is 0.565. The van der Waals surface area contributed by atoms with E-state index in [0.717, 1.165) is 0 Å². The Hall–Kier alpha value is -1.44. The molecule has 1 rings (SSSR count). The maximum absolute atomic E-state index is 11.8. The molecule has 21 heavy (non-hydrogen) atoms. The molecular formula is C14H20O6S. The highest BCUT2D eigenvalue weighted by Crippen LogP contribution is 2.14. The smallest absolute Gasteiger partial charge is 0.309 e. The molecule has 0 aromatic heterocycles. The molecule has 1 aromatic carbocycles. The Balaban J connectivity index is 2.58. The molecule has 1 aromatic rings. The van der Waals surface area contributed by atoms with Gasteiger partial charge in [-0.3, -0.25) is 8.98 Å². The summed E-state index contributed by atoms with van der Waals surface area (Å²) < 4.78 is 28.3. The highest BCUT2D eigenvalue weighted by atomic mass is 32.2. The second-order valence-electron chi connectivity index (χ2n) is 4.77. The monoisotopic (exact) mass is 316 g/mol. The molecule has 0 aliphatic rings. The zero-order valence-corrected chi connectivity index (χ0v) is 12.6. The van der Waals surface area contributed by atoms with Crippen LogP contribution in [-0.4, -0.2) is 37.3 Å². The van der Waals surface area contributed by atoms with Crippen molar-refractivity contribution in [3.05, 3.63) is 35.9 Å². The first kappa shape index (κ1) is 17.6. The first-order valence-electron chi connectivity index (χ1n) is 6.67. The van der Waals surface area contributed by atoms with Crippen molar-refractivity contribution < 1.29 is 27.6 Å². The van der Waals surface area contributed by atoms with Crippen molar-refractivity contribution >= 4 is 16.1 Å². The predicted octanol–water partition coefficient (Wildman–Crippen LogP) is 1.39. The number of carboxylic acid groups (broad SMARTS) is 1. The van der Waals surface area contributed by atoms with Gasteiger partial charge in [-0.15, -0.1) is 0 Å². The number of rotatable bonds is 9. The van der Waals surface area contributed by atoms with Crippen LogP contribution in [0.15, 0.2) is 30.3 Å². The van der Waals surface area contributed by atoms with E-state index >= 15 is 0 Å². The number of hydrogen-bond acceptors (Lipinski definition) is 5. The Labute approximate surface area is 124 Å². The fraction of sp³-hybridized carbons (Fsp3) is 0.500. The quantitative estimate of drug-likeness (QED) is 0.668.